The van der Waals surface area contributed by atoms with Crippen LogP contribution in [-0.2, 0) is 4.79 Å². The Morgan fingerprint density at radius 2 is 2.33 bits per heavy atom. The molecule has 0 radical (unpaired) electrons. The van der Waals surface area contributed by atoms with Gasteiger partial charge >= 0.3 is 0 Å². The fourth-order valence-electron chi connectivity index (χ4n) is 0.711. The molecule has 0 bridgehead atoms. The van der Waals surface area contributed by atoms with Crippen molar-refractivity contribution in [3.63, 3.8) is 0 Å². The zero-order chi connectivity index (χ0) is 8.97. The zero-order valence-electron chi connectivity index (χ0n) is 6.29. The summed E-state index contributed by atoms with van der Waals surface area (Å²) in [6.07, 6.45) is 0. The molecule has 3 nitrogen and oxygen atoms in total. The molecule has 0 aliphatic heterocycles. The van der Waals surface area contributed by atoms with Crippen LogP contribution in [0.4, 0.5) is 4.39 Å². The fraction of sp³-hybridized carbons (Fsp3) is 0.125. The van der Waals surface area contributed by atoms with E-state index >= 15 is 0 Å². The van der Waals surface area contributed by atoms with Gasteiger partial charge in [-0.2, -0.15) is 0 Å². The molecule has 0 fully saturated rings. The second-order valence-electron chi connectivity index (χ2n) is 2.21. The average molecular weight is 169 g/mol. The topological polar surface area (TPSA) is 52.3 Å². The van der Waals surface area contributed by atoms with E-state index in [-0.39, 0.29) is 6.61 Å². The molecule has 12 heavy (non-hydrogen) atoms. The number of amides is 1. The van der Waals surface area contributed by atoms with Crippen LogP contribution in [0.5, 0.6) is 5.75 Å². The average Bonchev–Trinajstić information content (AvgIpc) is 2.01. The lowest BCUT2D eigenvalue weighted by Gasteiger charge is -2.01. The number of hydrogen-bond donors (Lipinski definition) is 1. The number of nitrogens with two attached hydrogens (primary N) is 1. The van der Waals surface area contributed by atoms with E-state index in [0.717, 1.165) is 0 Å². The maximum absolute atomic E-state index is 12.5. The Morgan fingerprint density at radius 3 is 2.92 bits per heavy atom. The maximum Gasteiger partial charge on any atom is 0.255 e. The van der Waals surface area contributed by atoms with Gasteiger partial charge in [-0.05, 0) is 12.1 Å². The molecule has 1 rings (SSSR count). The first-order chi connectivity index (χ1) is 5.68. The Hall–Kier alpha value is -1.58. The second kappa shape index (κ2) is 3.71. The van der Waals surface area contributed by atoms with E-state index in [9.17, 15) is 9.18 Å². The van der Waals surface area contributed by atoms with Crippen LogP contribution in [0.25, 0.3) is 0 Å². The Bertz CT molecular complexity index is 288. The van der Waals surface area contributed by atoms with Gasteiger partial charge in [-0.3, -0.25) is 4.79 Å². The van der Waals surface area contributed by atoms with Crippen molar-refractivity contribution in [2.75, 3.05) is 6.61 Å². The van der Waals surface area contributed by atoms with E-state index in [4.69, 9.17) is 10.5 Å². The van der Waals surface area contributed by atoms with Crippen molar-refractivity contribution in [1.29, 1.82) is 0 Å². The lowest BCUT2D eigenvalue weighted by atomic mass is 10.3. The first kappa shape index (κ1) is 8.52. The summed E-state index contributed by atoms with van der Waals surface area (Å²) >= 11 is 0. The van der Waals surface area contributed by atoms with Gasteiger partial charge in [-0.25, -0.2) is 4.39 Å². The highest BCUT2D eigenvalue weighted by atomic mass is 19.1. The van der Waals surface area contributed by atoms with E-state index in [0.29, 0.717) is 5.75 Å². The summed E-state index contributed by atoms with van der Waals surface area (Å²) in [4.78, 5) is 10.3. The van der Waals surface area contributed by atoms with Crippen molar-refractivity contribution in [1.82, 2.24) is 0 Å². The first-order valence-corrected chi connectivity index (χ1v) is 3.35. The monoisotopic (exact) mass is 169 g/mol. The van der Waals surface area contributed by atoms with Gasteiger partial charge in [0.25, 0.3) is 5.91 Å². The second-order valence-corrected chi connectivity index (χ2v) is 2.21. The SMILES string of the molecule is NC(=O)COc1cccc(F)c1. The van der Waals surface area contributed by atoms with Crippen molar-refractivity contribution in [3.8, 4) is 5.75 Å². The summed E-state index contributed by atoms with van der Waals surface area (Å²) in [6.45, 7) is -0.233. The molecule has 0 aromatic heterocycles. The minimum absolute atomic E-state index is 0.233. The summed E-state index contributed by atoms with van der Waals surface area (Å²) in [6, 6.07) is 5.51. The van der Waals surface area contributed by atoms with Gasteiger partial charge in [0.05, 0.1) is 0 Å². The molecule has 0 spiro atoms. The number of primary amides is 1. The van der Waals surface area contributed by atoms with Gasteiger partial charge in [0.2, 0.25) is 0 Å². The van der Waals surface area contributed by atoms with E-state index in [2.05, 4.69) is 0 Å². The Kier molecular flexibility index (Phi) is 2.63. The minimum Gasteiger partial charge on any atom is -0.484 e. The molecule has 64 valence electrons. The van der Waals surface area contributed by atoms with E-state index in [1.165, 1.54) is 18.2 Å². The number of halogens is 1. The van der Waals surface area contributed by atoms with Crippen LogP contribution in [0.1, 0.15) is 0 Å². The normalized spacial score (nSPS) is 9.42. The van der Waals surface area contributed by atoms with Crippen molar-refractivity contribution in [2.45, 2.75) is 0 Å². The standard InChI is InChI=1S/C8H8FNO2/c9-6-2-1-3-7(4-6)12-5-8(10)11/h1-4H,5H2,(H2,10,11). The summed E-state index contributed by atoms with van der Waals surface area (Å²) in [5.41, 5.74) is 4.82. The van der Waals surface area contributed by atoms with Gasteiger partial charge in [-0.1, -0.05) is 6.07 Å². The predicted octanol–water partition coefficient (Wildman–Crippen LogP) is 0.690. The van der Waals surface area contributed by atoms with Crippen LogP contribution < -0.4 is 10.5 Å². The quantitative estimate of drug-likeness (QED) is 0.723. The first-order valence-electron chi connectivity index (χ1n) is 3.35. The third-order valence-electron chi connectivity index (χ3n) is 1.18. The molecular formula is C8H8FNO2. The smallest absolute Gasteiger partial charge is 0.255 e. The Labute approximate surface area is 68.9 Å². The van der Waals surface area contributed by atoms with Crippen LogP contribution >= 0.6 is 0 Å². The minimum atomic E-state index is -0.584. The molecule has 0 aliphatic carbocycles. The molecule has 1 aromatic rings. The molecule has 1 aromatic carbocycles. The van der Waals surface area contributed by atoms with Crippen molar-refractivity contribution in [2.24, 2.45) is 5.73 Å². The molecule has 0 atom stereocenters. The number of benzene rings is 1. The number of carbonyl (C=O) groups is 1. The van der Waals surface area contributed by atoms with Gasteiger partial charge in [-0.15, -0.1) is 0 Å². The summed E-state index contributed by atoms with van der Waals surface area (Å²) in [7, 11) is 0. The highest BCUT2D eigenvalue weighted by molar-refractivity contribution is 5.75. The zero-order valence-corrected chi connectivity index (χ0v) is 6.29. The van der Waals surface area contributed by atoms with Gasteiger partial charge < -0.3 is 10.5 Å². The summed E-state index contributed by atoms with van der Waals surface area (Å²) < 4.78 is 17.3. The molecule has 0 saturated heterocycles. The van der Waals surface area contributed by atoms with Crippen LogP contribution in [-0.4, -0.2) is 12.5 Å². The molecular weight excluding hydrogens is 161 g/mol. The molecule has 0 aliphatic rings. The predicted molar refractivity (Wildman–Crippen MR) is 41.1 cm³/mol. The Morgan fingerprint density at radius 1 is 1.58 bits per heavy atom. The van der Waals surface area contributed by atoms with Crippen molar-refractivity contribution < 1.29 is 13.9 Å². The van der Waals surface area contributed by atoms with Gasteiger partial charge in [0.15, 0.2) is 6.61 Å². The molecule has 4 heteroatoms. The largest absolute Gasteiger partial charge is 0.484 e. The third kappa shape index (κ3) is 2.57. The highest BCUT2D eigenvalue weighted by Crippen LogP contribution is 2.11. The maximum atomic E-state index is 12.5. The summed E-state index contributed by atoms with van der Waals surface area (Å²) in [5, 5.41) is 0. The van der Waals surface area contributed by atoms with Crippen molar-refractivity contribution in [3.05, 3.63) is 30.1 Å². The molecule has 0 saturated carbocycles. The lowest BCUT2D eigenvalue weighted by molar-refractivity contribution is -0.119. The summed E-state index contributed by atoms with van der Waals surface area (Å²) in [5.74, 6) is -0.690. The Balaban J connectivity index is 2.57. The number of carbonyl (C=O) groups excluding carboxylic acids is 1. The van der Waals surface area contributed by atoms with Crippen LogP contribution in [0.15, 0.2) is 24.3 Å². The van der Waals surface area contributed by atoms with Gasteiger partial charge in [0, 0.05) is 6.07 Å². The fourth-order valence-corrected chi connectivity index (χ4v) is 0.711. The van der Waals surface area contributed by atoms with E-state index in [1.54, 1.807) is 6.07 Å². The van der Waals surface area contributed by atoms with Crippen LogP contribution in [0.2, 0.25) is 0 Å². The van der Waals surface area contributed by atoms with Crippen molar-refractivity contribution >= 4 is 5.91 Å². The number of ether oxygens (including phenoxy) is 1. The molecule has 1 amide bonds. The molecule has 2 N–H and O–H groups in total. The highest BCUT2D eigenvalue weighted by Gasteiger charge is 1.97. The van der Waals surface area contributed by atoms with Crippen LogP contribution in [0, 0.1) is 5.82 Å². The van der Waals surface area contributed by atoms with Crippen LogP contribution in [0.3, 0.4) is 0 Å². The van der Waals surface area contributed by atoms with E-state index in [1.807, 2.05) is 0 Å². The molecule has 0 unspecified atom stereocenters. The molecule has 0 heterocycles. The number of hydrogen-bond acceptors (Lipinski definition) is 2. The van der Waals surface area contributed by atoms with E-state index < -0.39 is 11.7 Å². The van der Waals surface area contributed by atoms with Gasteiger partial charge in [0.1, 0.15) is 11.6 Å². The third-order valence-corrected chi connectivity index (χ3v) is 1.18. The lowest BCUT2D eigenvalue weighted by Crippen LogP contribution is -2.19. The number of rotatable bonds is 3.